The van der Waals surface area contributed by atoms with E-state index in [9.17, 15) is 0 Å². The van der Waals surface area contributed by atoms with Crippen LogP contribution in [-0.4, -0.2) is 13.2 Å². The zero-order valence-corrected chi connectivity index (χ0v) is 6.86. The third kappa shape index (κ3) is 2.70. The van der Waals surface area contributed by atoms with Crippen LogP contribution in [0.25, 0.3) is 0 Å². The van der Waals surface area contributed by atoms with Crippen LogP contribution in [0.3, 0.4) is 0 Å². The average Bonchev–Trinajstić information content (AvgIpc) is 2.03. The standard InChI is InChI=1S/C9H17O/c1-2-10-8-9-6-4-3-5-7-9/h2-8H2,1H3. The molecule has 1 nitrogen and oxygen atoms in total. The molecule has 0 atom stereocenters. The summed E-state index contributed by atoms with van der Waals surface area (Å²) in [5, 5.41) is 0. The van der Waals surface area contributed by atoms with Crippen LogP contribution in [0.15, 0.2) is 0 Å². The highest BCUT2D eigenvalue weighted by Crippen LogP contribution is 2.25. The molecule has 1 radical (unpaired) electrons. The molecule has 0 aromatic heterocycles. The Morgan fingerprint density at radius 3 is 2.50 bits per heavy atom. The van der Waals surface area contributed by atoms with Gasteiger partial charge in [-0.2, -0.15) is 0 Å². The van der Waals surface area contributed by atoms with Gasteiger partial charge in [0.15, 0.2) is 0 Å². The maximum Gasteiger partial charge on any atom is 0.0528 e. The topological polar surface area (TPSA) is 9.23 Å². The van der Waals surface area contributed by atoms with Crippen molar-refractivity contribution >= 4 is 0 Å². The van der Waals surface area contributed by atoms with Crippen molar-refractivity contribution in [2.45, 2.75) is 39.0 Å². The summed E-state index contributed by atoms with van der Waals surface area (Å²) in [6.07, 6.45) is 6.85. The van der Waals surface area contributed by atoms with Gasteiger partial charge in [0, 0.05) is 12.5 Å². The van der Waals surface area contributed by atoms with Crippen molar-refractivity contribution < 1.29 is 4.74 Å². The molecule has 0 aromatic rings. The highest BCUT2D eigenvalue weighted by Gasteiger charge is 2.12. The monoisotopic (exact) mass is 141 g/mol. The molecule has 59 valence electrons. The molecule has 0 unspecified atom stereocenters. The van der Waals surface area contributed by atoms with E-state index < -0.39 is 0 Å². The second-order valence-electron chi connectivity index (χ2n) is 2.95. The minimum atomic E-state index is 0.865. The number of hydrogen-bond acceptors (Lipinski definition) is 1. The highest BCUT2D eigenvalue weighted by molar-refractivity contribution is 4.91. The lowest BCUT2D eigenvalue weighted by Gasteiger charge is -2.20. The molecule has 1 fully saturated rings. The molecule has 0 aromatic carbocycles. The normalized spacial score (nSPS) is 21.3. The summed E-state index contributed by atoms with van der Waals surface area (Å²) in [5.41, 5.74) is 0. The largest absolute Gasteiger partial charge is 0.381 e. The lowest BCUT2D eigenvalue weighted by Crippen LogP contribution is -2.10. The SMILES string of the molecule is CCOC[C]1CCCCC1. The molecule has 0 saturated heterocycles. The molecule has 0 amide bonds. The van der Waals surface area contributed by atoms with E-state index in [4.69, 9.17) is 4.74 Å². The summed E-state index contributed by atoms with van der Waals surface area (Å²) in [7, 11) is 0. The van der Waals surface area contributed by atoms with E-state index in [2.05, 4.69) is 6.92 Å². The lowest BCUT2D eigenvalue weighted by molar-refractivity contribution is 0.147. The zero-order valence-electron chi connectivity index (χ0n) is 6.86. The number of hydrogen-bond donors (Lipinski definition) is 0. The van der Waals surface area contributed by atoms with E-state index in [0.29, 0.717) is 0 Å². The van der Waals surface area contributed by atoms with Gasteiger partial charge in [0.05, 0.1) is 6.61 Å². The van der Waals surface area contributed by atoms with Crippen molar-refractivity contribution in [3.05, 3.63) is 5.92 Å². The first-order valence-electron chi connectivity index (χ1n) is 4.35. The predicted molar refractivity (Wildman–Crippen MR) is 42.8 cm³/mol. The van der Waals surface area contributed by atoms with Crippen LogP contribution in [0.1, 0.15) is 39.0 Å². The number of rotatable bonds is 3. The van der Waals surface area contributed by atoms with Crippen molar-refractivity contribution in [2.24, 2.45) is 0 Å². The Hall–Kier alpha value is -0.0400. The Labute approximate surface area is 63.8 Å². The molecule has 0 bridgehead atoms. The van der Waals surface area contributed by atoms with E-state index >= 15 is 0 Å². The predicted octanol–water partition coefficient (Wildman–Crippen LogP) is 2.56. The lowest BCUT2D eigenvalue weighted by atomic mass is 9.90. The van der Waals surface area contributed by atoms with Gasteiger partial charge in [-0.15, -0.1) is 0 Å². The van der Waals surface area contributed by atoms with Crippen molar-refractivity contribution in [1.82, 2.24) is 0 Å². The van der Waals surface area contributed by atoms with Crippen LogP contribution >= 0.6 is 0 Å². The molecule has 0 aliphatic heterocycles. The van der Waals surface area contributed by atoms with E-state index in [1.165, 1.54) is 32.1 Å². The van der Waals surface area contributed by atoms with Crippen LogP contribution in [0.2, 0.25) is 0 Å². The van der Waals surface area contributed by atoms with E-state index in [0.717, 1.165) is 13.2 Å². The Morgan fingerprint density at radius 1 is 1.20 bits per heavy atom. The Bertz CT molecular complexity index is 74.8. The Kier molecular flexibility index (Phi) is 3.81. The van der Waals surface area contributed by atoms with Crippen LogP contribution in [0.5, 0.6) is 0 Å². The summed E-state index contributed by atoms with van der Waals surface area (Å²) in [4.78, 5) is 0. The Balaban J connectivity index is 2.02. The number of ether oxygens (including phenoxy) is 1. The molecule has 0 heterocycles. The fourth-order valence-corrected chi connectivity index (χ4v) is 1.44. The Morgan fingerprint density at radius 2 is 1.90 bits per heavy atom. The summed E-state index contributed by atoms with van der Waals surface area (Å²) in [6, 6.07) is 0. The van der Waals surface area contributed by atoms with Gasteiger partial charge in [-0.1, -0.05) is 19.3 Å². The molecular formula is C9H17O. The zero-order chi connectivity index (χ0) is 7.23. The van der Waals surface area contributed by atoms with E-state index in [-0.39, 0.29) is 0 Å². The second kappa shape index (κ2) is 4.73. The third-order valence-corrected chi connectivity index (χ3v) is 2.07. The molecule has 0 spiro atoms. The van der Waals surface area contributed by atoms with Gasteiger partial charge < -0.3 is 4.74 Å². The van der Waals surface area contributed by atoms with Gasteiger partial charge in [-0.25, -0.2) is 0 Å². The van der Waals surface area contributed by atoms with Crippen LogP contribution < -0.4 is 0 Å². The van der Waals surface area contributed by atoms with E-state index in [1.54, 1.807) is 5.92 Å². The summed E-state index contributed by atoms with van der Waals surface area (Å²) < 4.78 is 5.34. The molecule has 1 rings (SSSR count). The van der Waals surface area contributed by atoms with Crippen molar-refractivity contribution in [2.75, 3.05) is 13.2 Å². The average molecular weight is 141 g/mol. The fourth-order valence-electron chi connectivity index (χ4n) is 1.44. The highest BCUT2D eigenvalue weighted by atomic mass is 16.5. The molecule has 1 heteroatoms. The smallest absolute Gasteiger partial charge is 0.0528 e. The molecule has 1 aliphatic carbocycles. The first kappa shape index (κ1) is 8.06. The third-order valence-electron chi connectivity index (χ3n) is 2.07. The first-order valence-corrected chi connectivity index (χ1v) is 4.35. The van der Waals surface area contributed by atoms with Crippen LogP contribution in [0.4, 0.5) is 0 Å². The quantitative estimate of drug-likeness (QED) is 0.587. The summed E-state index contributed by atoms with van der Waals surface area (Å²) >= 11 is 0. The molecular weight excluding hydrogens is 124 g/mol. The van der Waals surface area contributed by atoms with Gasteiger partial charge in [-0.3, -0.25) is 0 Å². The summed E-state index contributed by atoms with van der Waals surface area (Å²) in [5.74, 6) is 1.63. The molecule has 10 heavy (non-hydrogen) atoms. The van der Waals surface area contributed by atoms with E-state index in [1.807, 2.05) is 0 Å². The first-order chi connectivity index (χ1) is 4.93. The van der Waals surface area contributed by atoms with Gasteiger partial charge in [0.25, 0.3) is 0 Å². The van der Waals surface area contributed by atoms with Gasteiger partial charge in [0.1, 0.15) is 0 Å². The van der Waals surface area contributed by atoms with Crippen molar-refractivity contribution in [3.63, 3.8) is 0 Å². The van der Waals surface area contributed by atoms with Gasteiger partial charge in [-0.05, 0) is 19.8 Å². The molecule has 0 N–H and O–H groups in total. The summed E-state index contributed by atoms with van der Waals surface area (Å²) in [6.45, 7) is 3.85. The van der Waals surface area contributed by atoms with Gasteiger partial charge >= 0.3 is 0 Å². The minimum Gasteiger partial charge on any atom is -0.381 e. The fraction of sp³-hybridized carbons (Fsp3) is 0.889. The second-order valence-corrected chi connectivity index (χ2v) is 2.95. The van der Waals surface area contributed by atoms with Crippen molar-refractivity contribution in [3.8, 4) is 0 Å². The van der Waals surface area contributed by atoms with Crippen LogP contribution in [0, 0.1) is 5.92 Å². The maximum atomic E-state index is 5.34. The molecule has 1 saturated carbocycles. The molecule has 1 aliphatic rings. The van der Waals surface area contributed by atoms with Gasteiger partial charge in [0.2, 0.25) is 0 Å². The minimum absolute atomic E-state index is 0.865. The van der Waals surface area contributed by atoms with Crippen LogP contribution in [-0.2, 0) is 4.74 Å². The van der Waals surface area contributed by atoms with Crippen molar-refractivity contribution in [1.29, 1.82) is 0 Å². The maximum absolute atomic E-state index is 5.34.